The van der Waals surface area contributed by atoms with Gasteiger partial charge in [-0.1, -0.05) is 26.0 Å². The van der Waals surface area contributed by atoms with E-state index in [1.807, 2.05) is 6.07 Å². The topological polar surface area (TPSA) is 27.0 Å². The van der Waals surface area contributed by atoms with Crippen molar-refractivity contribution in [2.24, 2.45) is 0 Å². The first kappa shape index (κ1) is 13.7. The average molecular weight is 234 g/mol. The van der Waals surface area contributed by atoms with Gasteiger partial charge in [-0.2, -0.15) is 5.26 Å². The standard InChI is InChI=1S/C14H19FN2/c1-3-8-17(9-4-2)14(11-16)12-6-5-7-13(15)10-12/h5-7,10,14H,3-4,8-9H2,1-2H3. The minimum Gasteiger partial charge on any atom is -0.284 e. The molecule has 1 unspecified atom stereocenters. The molecule has 3 heteroatoms. The van der Waals surface area contributed by atoms with Crippen LogP contribution in [0.15, 0.2) is 24.3 Å². The van der Waals surface area contributed by atoms with Gasteiger partial charge in [0.2, 0.25) is 0 Å². The van der Waals surface area contributed by atoms with E-state index >= 15 is 0 Å². The maximum absolute atomic E-state index is 13.2. The highest BCUT2D eigenvalue weighted by molar-refractivity contribution is 5.24. The van der Waals surface area contributed by atoms with E-state index in [0.717, 1.165) is 31.5 Å². The summed E-state index contributed by atoms with van der Waals surface area (Å²) in [6.45, 7) is 5.90. The third-order valence-corrected chi connectivity index (χ3v) is 2.67. The predicted molar refractivity (Wildman–Crippen MR) is 66.9 cm³/mol. The molecule has 0 radical (unpaired) electrons. The maximum Gasteiger partial charge on any atom is 0.123 e. The number of hydrogen-bond acceptors (Lipinski definition) is 2. The third kappa shape index (κ3) is 3.83. The van der Waals surface area contributed by atoms with E-state index < -0.39 is 0 Å². The van der Waals surface area contributed by atoms with E-state index in [2.05, 4.69) is 24.8 Å². The fraction of sp³-hybridized carbons (Fsp3) is 0.500. The minimum atomic E-state index is -0.342. The van der Waals surface area contributed by atoms with E-state index in [1.54, 1.807) is 6.07 Å². The summed E-state index contributed by atoms with van der Waals surface area (Å²) in [5.74, 6) is -0.282. The van der Waals surface area contributed by atoms with E-state index in [-0.39, 0.29) is 11.9 Å². The van der Waals surface area contributed by atoms with Crippen LogP contribution in [-0.2, 0) is 0 Å². The Morgan fingerprint density at radius 1 is 1.29 bits per heavy atom. The van der Waals surface area contributed by atoms with Crippen molar-refractivity contribution in [3.8, 4) is 6.07 Å². The minimum absolute atomic E-state index is 0.282. The Bertz CT molecular complexity index is 378. The molecule has 0 saturated heterocycles. The van der Waals surface area contributed by atoms with Crippen LogP contribution in [0.4, 0.5) is 4.39 Å². The summed E-state index contributed by atoms with van der Waals surface area (Å²) in [5.41, 5.74) is 0.745. The normalized spacial score (nSPS) is 12.4. The van der Waals surface area contributed by atoms with Gasteiger partial charge in [0.05, 0.1) is 6.07 Å². The van der Waals surface area contributed by atoms with Crippen LogP contribution >= 0.6 is 0 Å². The van der Waals surface area contributed by atoms with Crippen molar-refractivity contribution in [2.75, 3.05) is 13.1 Å². The molecule has 1 aromatic rings. The summed E-state index contributed by atoms with van der Waals surface area (Å²) in [5, 5.41) is 9.28. The van der Waals surface area contributed by atoms with Crippen molar-refractivity contribution in [3.05, 3.63) is 35.6 Å². The van der Waals surface area contributed by atoms with Gasteiger partial charge in [0, 0.05) is 0 Å². The van der Waals surface area contributed by atoms with Crippen molar-refractivity contribution in [1.82, 2.24) is 4.90 Å². The Morgan fingerprint density at radius 3 is 2.41 bits per heavy atom. The number of rotatable bonds is 6. The van der Waals surface area contributed by atoms with Gasteiger partial charge in [0.1, 0.15) is 11.9 Å². The zero-order chi connectivity index (χ0) is 12.7. The molecule has 17 heavy (non-hydrogen) atoms. The highest BCUT2D eigenvalue weighted by Gasteiger charge is 2.18. The summed E-state index contributed by atoms with van der Waals surface area (Å²) in [4.78, 5) is 2.11. The number of halogens is 1. The van der Waals surface area contributed by atoms with Crippen LogP contribution in [0.3, 0.4) is 0 Å². The molecular weight excluding hydrogens is 215 g/mol. The molecule has 0 amide bonds. The van der Waals surface area contributed by atoms with Gasteiger partial charge >= 0.3 is 0 Å². The van der Waals surface area contributed by atoms with Crippen LogP contribution in [-0.4, -0.2) is 18.0 Å². The molecule has 0 heterocycles. The predicted octanol–water partition coefficient (Wildman–Crippen LogP) is 3.51. The highest BCUT2D eigenvalue weighted by atomic mass is 19.1. The lowest BCUT2D eigenvalue weighted by molar-refractivity contribution is 0.236. The fourth-order valence-electron chi connectivity index (χ4n) is 1.99. The second kappa shape index (κ2) is 7.03. The van der Waals surface area contributed by atoms with Crippen LogP contribution in [0.1, 0.15) is 38.3 Å². The largest absolute Gasteiger partial charge is 0.284 e. The summed E-state index contributed by atoms with van der Waals surface area (Å²) in [6.07, 6.45) is 1.99. The van der Waals surface area contributed by atoms with Crippen molar-refractivity contribution in [1.29, 1.82) is 5.26 Å². The van der Waals surface area contributed by atoms with Gasteiger partial charge in [-0.3, -0.25) is 4.90 Å². The van der Waals surface area contributed by atoms with Crippen LogP contribution in [0, 0.1) is 17.1 Å². The van der Waals surface area contributed by atoms with Crippen LogP contribution in [0.25, 0.3) is 0 Å². The molecule has 1 aromatic carbocycles. The lowest BCUT2D eigenvalue weighted by Crippen LogP contribution is -2.29. The molecular formula is C14H19FN2. The average Bonchev–Trinajstić information content (AvgIpc) is 2.31. The van der Waals surface area contributed by atoms with Gasteiger partial charge in [-0.25, -0.2) is 4.39 Å². The first-order valence-corrected chi connectivity index (χ1v) is 6.12. The monoisotopic (exact) mass is 234 g/mol. The molecule has 1 atom stereocenters. The van der Waals surface area contributed by atoms with E-state index in [9.17, 15) is 9.65 Å². The van der Waals surface area contributed by atoms with E-state index in [1.165, 1.54) is 12.1 Å². The van der Waals surface area contributed by atoms with Crippen LogP contribution in [0.5, 0.6) is 0 Å². The second-order valence-corrected chi connectivity index (χ2v) is 4.12. The molecule has 0 saturated carbocycles. The van der Waals surface area contributed by atoms with E-state index in [4.69, 9.17) is 0 Å². The number of nitriles is 1. The maximum atomic E-state index is 13.2. The Labute approximate surface area is 103 Å². The van der Waals surface area contributed by atoms with Crippen molar-refractivity contribution >= 4 is 0 Å². The smallest absolute Gasteiger partial charge is 0.123 e. The molecule has 0 fully saturated rings. The highest BCUT2D eigenvalue weighted by Crippen LogP contribution is 2.21. The second-order valence-electron chi connectivity index (χ2n) is 4.12. The van der Waals surface area contributed by atoms with Crippen molar-refractivity contribution < 1.29 is 4.39 Å². The van der Waals surface area contributed by atoms with Crippen LogP contribution in [0.2, 0.25) is 0 Å². The van der Waals surface area contributed by atoms with Gasteiger partial charge < -0.3 is 0 Å². The molecule has 0 N–H and O–H groups in total. The number of nitrogens with zero attached hydrogens (tertiary/aromatic N) is 2. The molecule has 0 aliphatic heterocycles. The molecule has 0 bridgehead atoms. The molecule has 2 nitrogen and oxygen atoms in total. The Hall–Kier alpha value is -1.40. The summed E-state index contributed by atoms with van der Waals surface area (Å²) < 4.78 is 13.2. The summed E-state index contributed by atoms with van der Waals surface area (Å²) in [6, 6.07) is 8.26. The van der Waals surface area contributed by atoms with Crippen molar-refractivity contribution in [3.63, 3.8) is 0 Å². The van der Waals surface area contributed by atoms with Gasteiger partial charge in [-0.05, 0) is 43.6 Å². The molecule has 1 rings (SSSR count). The van der Waals surface area contributed by atoms with Gasteiger partial charge in [0.25, 0.3) is 0 Å². The summed E-state index contributed by atoms with van der Waals surface area (Å²) >= 11 is 0. The van der Waals surface area contributed by atoms with Gasteiger partial charge in [-0.15, -0.1) is 0 Å². The molecule has 0 aromatic heterocycles. The van der Waals surface area contributed by atoms with Crippen LogP contribution < -0.4 is 0 Å². The zero-order valence-electron chi connectivity index (χ0n) is 10.5. The molecule has 0 aliphatic rings. The quantitative estimate of drug-likeness (QED) is 0.753. The lowest BCUT2D eigenvalue weighted by atomic mass is 10.1. The third-order valence-electron chi connectivity index (χ3n) is 2.67. The number of benzene rings is 1. The molecule has 0 aliphatic carbocycles. The first-order chi connectivity index (χ1) is 8.22. The fourth-order valence-corrected chi connectivity index (χ4v) is 1.99. The Kier molecular flexibility index (Phi) is 5.65. The SMILES string of the molecule is CCCN(CCC)C(C#N)c1cccc(F)c1. The Morgan fingerprint density at radius 2 is 1.94 bits per heavy atom. The first-order valence-electron chi connectivity index (χ1n) is 6.12. The number of hydrogen-bond donors (Lipinski definition) is 0. The zero-order valence-corrected chi connectivity index (χ0v) is 10.5. The molecule has 0 spiro atoms. The lowest BCUT2D eigenvalue weighted by Gasteiger charge is -2.26. The Balaban J connectivity index is 2.92. The van der Waals surface area contributed by atoms with Crippen molar-refractivity contribution in [2.45, 2.75) is 32.7 Å². The summed E-state index contributed by atoms with van der Waals surface area (Å²) in [7, 11) is 0. The van der Waals surface area contributed by atoms with Gasteiger partial charge in [0.15, 0.2) is 0 Å². The molecule has 92 valence electrons. The van der Waals surface area contributed by atoms with E-state index in [0.29, 0.717) is 0 Å².